The van der Waals surface area contributed by atoms with Gasteiger partial charge in [-0.3, -0.25) is 4.79 Å². The van der Waals surface area contributed by atoms with E-state index in [4.69, 9.17) is 24.2 Å². The van der Waals surface area contributed by atoms with Gasteiger partial charge in [0.2, 0.25) is 5.75 Å². The van der Waals surface area contributed by atoms with E-state index in [2.05, 4.69) is 5.32 Å². The number of hydrogen-bond acceptors (Lipinski definition) is 8. The number of methoxy groups -OCH3 is 3. The maximum Gasteiger partial charge on any atom is 0.342 e. The van der Waals surface area contributed by atoms with Gasteiger partial charge in [0.1, 0.15) is 11.0 Å². The summed E-state index contributed by atoms with van der Waals surface area (Å²) < 4.78 is 20.8. The number of thiocyanates is 1. The number of thioether (sulfide) groups is 1. The molecule has 0 aliphatic heterocycles. The first-order valence-corrected chi connectivity index (χ1v) is 9.19. The predicted molar refractivity (Wildman–Crippen MR) is 108 cm³/mol. The Hall–Kier alpha value is -3.38. The third-order valence-electron chi connectivity index (χ3n) is 3.89. The number of amides is 1. The summed E-state index contributed by atoms with van der Waals surface area (Å²) in [6.45, 7) is 1.32. The molecule has 0 saturated carbocycles. The van der Waals surface area contributed by atoms with Gasteiger partial charge in [0.05, 0.1) is 21.3 Å². The number of rotatable bonds is 8. The standard InChI is InChI=1S/C20H20N2O6S/c1-12-9-13(29-11-21)5-7-15(12)22-17(23)10-28-20(24)14-6-8-16(25-2)19(27-4)18(14)26-3/h5-9H,10H2,1-4H3,(H,22,23). The summed E-state index contributed by atoms with van der Waals surface area (Å²) in [5.74, 6) is -0.442. The van der Waals surface area contributed by atoms with Gasteiger partial charge in [-0.05, 0) is 54.6 Å². The van der Waals surface area contributed by atoms with Crippen LogP contribution in [0.15, 0.2) is 35.2 Å². The third kappa shape index (κ3) is 5.33. The molecule has 2 aromatic rings. The summed E-state index contributed by atoms with van der Waals surface area (Å²) in [7, 11) is 4.27. The fourth-order valence-corrected chi connectivity index (χ4v) is 3.03. The Bertz CT molecular complexity index is 955. The highest BCUT2D eigenvalue weighted by molar-refractivity contribution is 8.03. The lowest BCUT2D eigenvalue weighted by molar-refractivity contribution is -0.119. The molecule has 0 aliphatic carbocycles. The number of aryl methyl sites for hydroxylation is 1. The van der Waals surface area contributed by atoms with Gasteiger partial charge in [-0.15, -0.1) is 0 Å². The molecule has 0 unspecified atom stereocenters. The number of nitrogens with zero attached hydrogens (tertiary/aromatic N) is 1. The molecule has 152 valence electrons. The normalized spacial score (nSPS) is 9.90. The number of carbonyl (C=O) groups is 2. The second kappa shape index (κ2) is 10.2. The van der Waals surface area contributed by atoms with E-state index in [-0.39, 0.29) is 17.1 Å². The van der Waals surface area contributed by atoms with Crippen LogP contribution >= 0.6 is 11.8 Å². The Morgan fingerprint density at radius 3 is 2.38 bits per heavy atom. The Morgan fingerprint density at radius 1 is 1.07 bits per heavy atom. The second-order valence-electron chi connectivity index (χ2n) is 5.68. The minimum atomic E-state index is -0.740. The molecule has 1 N–H and O–H groups in total. The molecule has 0 radical (unpaired) electrons. The lowest BCUT2D eigenvalue weighted by Crippen LogP contribution is -2.21. The molecule has 0 atom stereocenters. The Morgan fingerprint density at radius 2 is 1.79 bits per heavy atom. The van der Waals surface area contributed by atoms with Crippen molar-refractivity contribution in [1.29, 1.82) is 5.26 Å². The first kappa shape index (κ1) is 21.9. The molecule has 0 saturated heterocycles. The van der Waals surface area contributed by atoms with Crippen molar-refractivity contribution < 1.29 is 28.5 Å². The van der Waals surface area contributed by atoms with Gasteiger partial charge in [-0.1, -0.05) is 0 Å². The van der Waals surface area contributed by atoms with Crippen LogP contribution in [0.2, 0.25) is 0 Å². The SMILES string of the molecule is COc1ccc(C(=O)OCC(=O)Nc2ccc(SC#N)cc2C)c(OC)c1OC. The Balaban J connectivity index is 2.06. The van der Waals surface area contributed by atoms with E-state index < -0.39 is 18.5 Å². The van der Waals surface area contributed by atoms with Crippen LogP contribution in [0.1, 0.15) is 15.9 Å². The zero-order valence-corrected chi connectivity index (χ0v) is 17.2. The molecule has 1 amide bonds. The van der Waals surface area contributed by atoms with Crippen molar-refractivity contribution in [2.24, 2.45) is 0 Å². The summed E-state index contributed by atoms with van der Waals surface area (Å²) in [6.07, 6.45) is 0. The molecule has 29 heavy (non-hydrogen) atoms. The lowest BCUT2D eigenvalue weighted by atomic mass is 10.1. The van der Waals surface area contributed by atoms with Gasteiger partial charge in [-0.2, -0.15) is 5.26 Å². The number of benzene rings is 2. The maximum absolute atomic E-state index is 12.4. The van der Waals surface area contributed by atoms with E-state index in [1.165, 1.54) is 27.4 Å². The topological polar surface area (TPSA) is 107 Å². The summed E-state index contributed by atoms with van der Waals surface area (Å²) >= 11 is 1.03. The molecule has 9 heteroatoms. The summed E-state index contributed by atoms with van der Waals surface area (Å²) in [5.41, 5.74) is 1.45. The molecular formula is C20H20N2O6S. The first-order chi connectivity index (χ1) is 13.9. The average molecular weight is 416 g/mol. The van der Waals surface area contributed by atoms with Gasteiger partial charge >= 0.3 is 5.97 Å². The predicted octanol–water partition coefficient (Wildman–Crippen LogP) is 3.39. The van der Waals surface area contributed by atoms with E-state index in [0.29, 0.717) is 11.4 Å². The van der Waals surface area contributed by atoms with Crippen molar-refractivity contribution in [3.8, 4) is 22.6 Å². The molecule has 0 fully saturated rings. The van der Waals surface area contributed by atoms with Gasteiger partial charge in [0.25, 0.3) is 5.91 Å². The summed E-state index contributed by atoms with van der Waals surface area (Å²) in [5, 5.41) is 13.4. The number of anilines is 1. The highest BCUT2D eigenvalue weighted by Gasteiger charge is 2.22. The molecule has 0 heterocycles. The van der Waals surface area contributed by atoms with E-state index in [9.17, 15) is 9.59 Å². The highest BCUT2D eigenvalue weighted by Crippen LogP contribution is 2.39. The maximum atomic E-state index is 12.4. The number of carbonyl (C=O) groups excluding carboxylic acids is 2. The van der Waals surface area contributed by atoms with Crippen molar-refractivity contribution in [3.05, 3.63) is 41.5 Å². The number of nitriles is 1. The number of ether oxygens (including phenoxy) is 4. The van der Waals surface area contributed by atoms with Gasteiger partial charge in [0.15, 0.2) is 18.1 Å². The van der Waals surface area contributed by atoms with E-state index in [0.717, 1.165) is 22.2 Å². The number of nitrogens with one attached hydrogen (secondary N) is 1. The van der Waals surface area contributed by atoms with Crippen LogP contribution < -0.4 is 19.5 Å². The molecule has 2 rings (SSSR count). The van der Waals surface area contributed by atoms with E-state index in [1.54, 1.807) is 31.2 Å². The molecular weight excluding hydrogens is 396 g/mol. The molecule has 8 nitrogen and oxygen atoms in total. The molecule has 0 aliphatic rings. The van der Waals surface area contributed by atoms with E-state index in [1.807, 2.05) is 5.40 Å². The monoisotopic (exact) mass is 416 g/mol. The van der Waals surface area contributed by atoms with Crippen molar-refractivity contribution >= 4 is 29.3 Å². The second-order valence-corrected chi connectivity index (χ2v) is 6.53. The molecule has 0 spiro atoms. The van der Waals surface area contributed by atoms with Crippen LogP contribution in [-0.2, 0) is 9.53 Å². The van der Waals surface area contributed by atoms with Crippen LogP contribution in [0.4, 0.5) is 5.69 Å². The quantitative estimate of drug-likeness (QED) is 0.396. The summed E-state index contributed by atoms with van der Waals surface area (Å²) in [4.78, 5) is 25.4. The van der Waals surface area contributed by atoms with Crippen LogP contribution in [-0.4, -0.2) is 39.8 Å². The minimum absolute atomic E-state index is 0.104. The van der Waals surface area contributed by atoms with E-state index >= 15 is 0 Å². The minimum Gasteiger partial charge on any atom is -0.493 e. The van der Waals surface area contributed by atoms with Crippen LogP contribution in [0.25, 0.3) is 0 Å². The smallest absolute Gasteiger partial charge is 0.342 e. The highest BCUT2D eigenvalue weighted by atomic mass is 32.2. The fraction of sp³-hybridized carbons (Fsp3) is 0.250. The fourth-order valence-electron chi connectivity index (χ4n) is 2.55. The van der Waals surface area contributed by atoms with Crippen molar-refractivity contribution in [2.75, 3.05) is 33.3 Å². The first-order valence-electron chi connectivity index (χ1n) is 8.37. The molecule has 0 aromatic heterocycles. The van der Waals surface area contributed by atoms with Crippen LogP contribution in [0.3, 0.4) is 0 Å². The van der Waals surface area contributed by atoms with Gasteiger partial charge in [-0.25, -0.2) is 4.79 Å². The molecule has 0 bridgehead atoms. The van der Waals surface area contributed by atoms with Crippen LogP contribution in [0.5, 0.6) is 17.2 Å². The van der Waals surface area contributed by atoms with Crippen molar-refractivity contribution in [1.82, 2.24) is 0 Å². The van der Waals surface area contributed by atoms with Crippen molar-refractivity contribution in [2.45, 2.75) is 11.8 Å². The lowest BCUT2D eigenvalue weighted by Gasteiger charge is -2.15. The van der Waals surface area contributed by atoms with Crippen LogP contribution in [0, 0.1) is 17.6 Å². The third-order valence-corrected chi connectivity index (χ3v) is 4.47. The Kier molecular flexibility index (Phi) is 7.74. The van der Waals surface area contributed by atoms with Crippen molar-refractivity contribution in [3.63, 3.8) is 0 Å². The zero-order chi connectivity index (χ0) is 21.4. The Labute approximate surface area is 172 Å². The average Bonchev–Trinajstić information content (AvgIpc) is 2.72. The van der Waals surface area contributed by atoms with Gasteiger partial charge in [0, 0.05) is 10.6 Å². The molecule has 2 aromatic carbocycles. The van der Waals surface area contributed by atoms with Gasteiger partial charge < -0.3 is 24.3 Å². The number of hydrogen-bond donors (Lipinski definition) is 1. The number of esters is 1. The zero-order valence-electron chi connectivity index (χ0n) is 16.4. The summed E-state index contributed by atoms with van der Waals surface area (Å²) in [6, 6.07) is 8.20. The largest absolute Gasteiger partial charge is 0.493 e.